The average molecular weight is 244 g/mol. The van der Waals surface area contributed by atoms with E-state index < -0.39 is 0 Å². The van der Waals surface area contributed by atoms with Crippen LogP contribution in [0.2, 0.25) is 0 Å². The lowest BCUT2D eigenvalue weighted by Gasteiger charge is -2.10. The number of aromatic amines is 1. The summed E-state index contributed by atoms with van der Waals surface area (Å²) in [6.07, 6.45) is 1.69. The Kier molecular flexibility index (Phi) is 3.35. The van der Waals surface area contributed by atoms with E-state index in [2.05, 4.69) is 11.6 Å². The van der Waals surface area contributed by atoms with Crippen molar-refractivity contribution in [3.8, 4) is 11.3 Å². The normalized spacial score (nSPS) is 10.1. The zero-order valence-electron chi connectivity index (χ0n) is 9.22. The topological polar surface area (TPSA) is 37.8 Å². The Balaban J connectivity index is 2.71. The van der Waals surface area contributed by atoms with Crippen LogP contribution in [0, 0.1) is 4.64 Å². The number of H-pyrrole nitrogens is 1. The van der Waals surface area contributed by atoms with Gasteiger partial charge in [-0.25, -0.2) is 4.79 Å². The lowest BCUT2D eigenvalue weighted by Crippen LogP contribution is -2.23. The summed E-state index contributed by atoms with van der Waals surface area (Å²) in [6.45, 7) is 4.11. The predicted molar refractivity (Wildman–Crippen MR) is 71.5 cm³/mol. The van der Waals surface area contributed by atoms with Crippen LogP contribution >= 0.6 is 12.2 Å². The second-order valence-corrected chi connectivity index (χ2v) is 4.03. The molecule has 0 aliphatic rings. The monoisotopic (exact) mass is 244 g/mol. The molecule has 2 rings (SSSR count). The van der Waals surface area contributed by atoms with Gasteiger partial charge in [0.25, 0.3) is 0 Å². The number of hydrogen-bond donors (Lipinski definition) is 1. The van der Waals surface area contributed by atoms with Crippen molar-refractivity contribution in [2.45, 2.75) is 6.54 Å². The van der Waals surface area contributed by atoms with Crippen LogP contribution in [-0.4, -0.2) is 9.55 Å². The summed E-state index contributed by atoms with van der Waals surface area (Å²) in [6, 6.07) is 11.5. The van der Waals surface area contributed by atoms with Crippen LogP contribution in [-0.2, 0) is 6.54 Å². The van der Waals surface area contributed by atoms with E-state index in [0.717, 1.165) is 11.3 Å². The number of hydrogen-bond acceptors (Lipinski definition) is 2. The molecule has 0 bridgehead atoms. The maximum atomic E-state index is 11.8. The molecule has 0 atom stereocenters. The lowest BCUT2D eigenvalue weighted by atomic mass is 10.1. The van der Waals surface area contributed by atoms with Crippen molar-refractivity contribution in [3.63, 3.8) is 0 Å². The fourth-order valence-corrected chi connectivity index (χ4v) is 1.88. The Morgan fingerprint density at radius 3 is 2.71 bits per heavy atom. The molecule has 0 amide bonds. The van der Waals surface area contributed by atoms with Crippen molar-refractivity contribution in [2.75, 3.05) is 0 Å². The van der Waals surface area contributed by atoms with Gasteiger partial charge in [-0.3, -0.25) is 9.55 Å². The quantitative estimate of drug-likeness (QED) is 0.666. The van der Waals surface area contributed by atoms with E-state index in [1.165, 1.54) is 0 Å². The molecule has 0 aliphatic heterocycles. The standard InChI is InChI=1S/C13H12N2OS/c1-2-8-15-11(9-12(17)14-13(15)16)10-6-4-3-5-7-10/h2-7,9H,1,8H2,(H,14,16,17). The SMILES string of the molecule is C=CCn1c(-c2ccccc2)cc(=S)[nH]c1=O. The van der Waals surface area contributed by atoms with Gasteiger partial charge in [-0.15, -0.1) is 6.58 Å². The third-order valence-corrected chi connectivity index (χ3v) is 2.64. The summed E-state index contributed by atoms with van der Waals surface area (Å²) in [5.41, 5.74) is 1.56. The molecule has 0 spiro atoms. The minimum absolute atomic E-state index is 0.212. The summed E-state index contributed by atoms with van der Waals surface area (Å²) in [5.74, 6) is 0. The second-order valence-electron chi connectivity index (χ2n) is 3.59. The van der Waals surface area contributed by atoms with Crippen LogP contribution in [0.15, 0.2) is 53.8 Å². The lowest BCUT2D eigenvalue weighted by molar-refractivity contribution is 0.751. The molecule has 1 N–H and O–H groups in total. The summed E-state index contributed by atoms with van der Waals surface area (Å²) in [4.78, 5) is 14.4. The van der Waals surface area contributed by atoms with E-state index in [-0.39, 0.29) is 5.69 Å². The molecule has 4 heteroatoms. The van der Waals surface area contributed by atoms with Gasteiger partial charge in [0.05, 0.1) is 5.69 Å². The van der Waals surface area contributed by atoms with Crippen molar-refractivity contribution >= 4 is 12.2 Å². The van der Waals surface area contributed by atoms with Crippen molar-refractivity contribution in [1.29, 1.82) is 0 Å². The van der Waals surface area contributed by atoms with Crippen molar-refractivity contribution < 1.29 is 0 Å². The molecule has 0 unspecified atom stereocenters. The van der Waals surface area contributed by atoms with Crippen LogP contribution in [0.25, 0.3) is 11.3 Å². The molecule has 0 radical (unpaired) electrons. The first-order valence-corrected chi connectivity index (χ1v) is 5.63. The largest absolute Gasteiger partial charge is 0.327 e. The molecule has 0 fully saturated rings. The number of aromatic nitrogens is 2. The van der Waals surface area contributed by atoms with Crippen LogP contribution in [0.3, 0.4) is 0 Å². The van der Waals surface area contributed by atoms with E-state index >= 15 is 0 Å². The first kappa shape index (κ1) is 11.5. The molecule has 0 aliphatic carbocycles. The van der Waals surface area contributed by atoms with Gasteiger partial charge < -0.3 is 0 Å². The molecule has 1 aromatic heterocycles. The van der Waals surface area contributed by atoms with Gasteiger partial charge in [0, 0.05) is 6.54 Å². The highest BCUT2D eigenvalue weighted by Crippen LogP contribution is 2.16. The Bertz CT molecular complexity index is 640. The zero-order valence-corrected chi connectivity index (χ0v) is 10.0. The van der Waals surface area contributed by atoms with E-state index in [4.69, 9.17) is 12.2 Å². The van der Waals surface area contributed by atoms with Gasteiger partial charge in [0.2, 0.25) is 0 Å². The van der Waals surface area contributed by atoms with Crippen molar-refractivity contribution in [3.05, 3.63) is 64.2 Å². The van der Waals surface area contributed by atoms with Gasteiger partial charge >= 0.3 is 5.69 Å². The molecule has 0 saturated carbocycles. The van der Waals surface area contributed by atoms with E-state index in [1.807, 2.05) is 30.3 Å². The number of nitrogens with one attached hydrogen (secondary N) is 1. The molecule has 2 aromatic rings. The fraction of sp³-hybridized carbons (Fsp3) is 0.0769. The highest BCUT2D eigenvalue weighted by Gasteiger charge is 2.05. The first-order valence-electron chi connectivity index (χ1n) is 5.23. The summed E-state index contributed by atoms with van der Waals surface area (Å²) < 4.78 is 2.05. The predicted octanol–water partition coefficient (Wildman–Crippen LogP) is 2.76. The summed E-state index contributed by atoms with van der Waals surface area (Å²) in [7, 11) is 0. The maximum absolute atomic E-state index is 11.8. The summed E-state index contributed by atoms with van der Waals surface area (Å²) >= 11 is 5.04. The Labute approximate surface area is 104 Å². The van der Waals surface area contributed by atoms with Gasteiger partial charge in [-0.1, -0.05) is 48.6 Å². The first-order chi connectivity index (χ1) is 8.22. The second kappa shape index (κ2) is 4.93. The highest BCUT2D eigenvalue weighted by atomic mass is 32.1. The third kappa shape index (κ3) is 2.42. The number of benzene rings is 1. The van der Waals surface area contributed by atoms with Gasteiger partial charge in [0.15, 0.2) is 0 Å². The molecular weight excluding hydrogens is 232 g/mol. The maximum Gasteiger partial charge on any atom is 0.327 e. The van der Waals surface area contributed by atoms with Crippen LogP contribution < -0.4 is 5.69 Å². The van der Waals surface area contributed by atoms with Crippen molar-refractivity contribution in [2.24, 2.45) is 0 Å². The molecule has 17 heavy (non-hydrogen) atoms. The number of nitrogens with zero attached hydrogens (tertiary/aromatic N) is 1. The fourth-order valence-electron chi connectivity index (χ4n) is 1.68. The minimum Gasteiger partial charge on any atom is -0.298 e. The Hall–Kier alpha value is -1.94. The van der Waals surface area contributed by atoms with Crippen LogP contribution in [0.5, 0.6) is 0 Å². The smallest absolute Gasteiger partial charge is 0.298 e. The van der Waals surface area contributed by atoms with E-state index in [0.29, 0.717) is 11.2 Å². The minimum atomic E-state index is -0.212. The Morgan fingerprint density at radius 1 is 1.35 bits per heavy atom. The van der Waals surface area contributed by atoms with Crippen LogP contribution in [0.4, 0.5) is 0 Å². The molecule has 0 saturated heterocycles. The van der Waals surface area contributed by atoms with Crippen molar-refractivity contribution in [1.82, 2.24) is 9.55 Å². The summed E-state index contributed by atoms with van der Waals surface area (Å²) in [5, 5.41) is 0. The van der Waals surface area contributed by atoms with Crippen LogP contribution in [0.1, 0.15) is 0 Å². The van der Waals surface area contributed by atoms with E-state index in [1.54, 1.807) is 16.7 Å². The van der Waals surface area contributed by atoms with Gasteiger partial charge in [0.1, 0.15) is 4.64 Å². The van der Waals surface area contributed by atoms with Gasteiger partial charge in [-0.2, -0.15) is 0 Å². The van der Waals surface area contributed by atoms with E-state index in [9.17, 15) is 4.79 Å². The Morgan fingerprint density at radius 2 is 2.06 bits per heavy atom. The molecule has 1 heterocycles. The third-order valence-electron chi connectivity index (χ3n) is 2.42. The number of allylic oxidation sites excluding steroid dienone is 1. The number of rotatable bonds is 3. The molecular formula is C13H12N2OS. The van der Waals surface area contributed by atoms with Gasteiger partial charge in [-0.05, 0) is 11.6 Å². The molecule has 3 nitrogen and oxygen atoms in total. The zero-order chi connectivity index (χ0) is 12.3. The molecule has 1 aromatic carbocycles. The molecule has 86 valence electrons. The highest BCUT2D eigenvalue weighted by molar-refractivity contribution is 7.71. The average Bonchev–Trinajstić information content (AvgIpc) is 2.33.